The van der Waals surface area contributed by atoms with Crippen molar-refractivity contribution in [3.8, 4) is 0 Å². The van der Waals surface area contributed by atoms with Crippen LogP contribution in [0.25, 0.3) is 0 Å². The molecule has 1 aromatic carbocycles. The summed E-state index contributed by atoms with van der Waals surface area (Å²) in [5.41, 5.74) is 0.961. The molecule has 2 saturated heterocycles. The number of cyclic esters (lactones) is 1. The van der Waals surface area contributed by atoms with Crippen LogP contribution >= 0.6 is 23.2 Å². The monoisotopic (exact) mass is 384 g/mol. The van der Waals surface area contributed by atoms with Gasteiger partial charge >= 0.3 is 6.09 Å². The first-order chi connectivity index (χ1) is 12.0. The van der Waals surface area contributed by atoms with Gasteiger partial charge in [-0.2, -0.15) is 0 Å². The Morgan fingerprint density at radius 3 is 2.48 bits per heavy atom. The first-order valence-corrected chi connectivity index (χ1v) is 8.92. The maximum absolute atomic E-state index is 12.4. The molecule has 3 rings (SSSR count). The summed E-state index contributed by atoms with van der Waals surface area (Å²) in [6.45, 7) is 0.880. The SMILES string of the molecule is O=C(CCc1ccc(Cl)c(Cl)c1)N1CCC(N2C(=O)COC2=O)CC1. The van der Waals surface area contributed by atoms with Gasteiger partial charge in [0.05, 0.1) is 10.0 Å². The molecule has 0 saturated carbocycles. The van der Waals surface area contributed by atoms with Crippen molar-refractivity contribution in [2.45, 2.75) is 31.7 Å². The molecule has 0 unspecified atom stereocenters. The minimum absolute atomic E-state index is 0.0554. The average molecular weight is 385 g/mol. The van der Waals surface area contributed by atoms with Gasteiger partial charge in [-0.3, -0.25) is 9.59 Å². The molecule has 0 atom stereocenters. The summed E-state index contributed by atoms with van der Waals surface area (Å²) in [4.78, 5) is 38.6. The zero-order chi connectivity index (χ0) is 18.0. The number of nitrogens with zero attached hydrogens (tertiary/aromatic N) is 2. The normalized spacial score (nSPS) is 18.6. The second kappa shape index (κ2) is 7.62. The third kappa shape index (κ3) is 4.07. The van der Waals surface area contributed by atoms with Gasteiger partial charge in [0.2, 0.25) is 5.91 Å². The van der Waals surface area contributed by atoms with Gasteiger partial charge in [-0.25, -0.2) is 9.69 Å². The molecule has 2 aliphatic heterocycles. The van der Waals surface area contributed by atoms with E-state index in [0.717, 1.165) is 5.56 Å². The topological polar surface area (TPSA) is 66.9 Å². The summed E-state index contributed by atoms with van der Waals surface area (Å²) in [7, 11) is 0. The van der Waals surface area contributed by atoms with E-state index in [0.29, 0.717) is 48.8 Å². The third-order valence-corrected chi connectivity index (χ3v) is 5.32. The number of imide groups is 1. The highest BCUT2D eigenvalue weighted by Gasteiger charge is 2.38. The number of halogens is 2. The smallest absolute Gasteiger partial charge is 0.417 e. The standard InChI is InChI=1S/C17H18Cl2N2O4/c18-13-3-1-11(9-14(13)19)2-4-15(22)20-7-5-12(6-8-20)21-16(23)10-25-17(21)24/h1,3,9,12H,2,4-8,10H2. The fourth-order valence-electron chi connectivity index (χ4n) is 3.20. The third-order valence-electron chi connectivity index (χ3n) is 4.58. The van der Waals surface area contributed by atoms with Crippen molar-refractivity contribution in [3.05, 3.63) is 33.8 Å². The van der Waals surface area contributed by atoms with Crippen molar-refractivity contribution >= 4 is 41.1 Å². The molecular weight excluding hydrogens is 367 g/mol. The van der Waals surface area contributed by atoms with Crippen LogP contribution in [0.1, 0.15) is 24.8 Å². The van der Waals surface area contributed by atoms with Crippen LogP contribution in [0, 0.1) is 0 Å². The van der Waals surface area contributed by atoms with E-state index in [1.54, 1.807) is 17.0 Å². The number of hydrogen-bond acceptors (Lipinski definition) is 4. The predicted octanol–water partition coefficient (Wildman–Crippen LogP) is 2.90. The zero-order valence-corrected chi connectivity index (χ0v) is 15.1. The molecule has 3 amide bonds. The van der Waals surface area contributed by atoms with E-state index in [9.17, 15) is 14.4 Å². The summed E-state index contributed by atoms with van der Waals surface area (Å²) >= 11 is 11.9. The van der Waals surface area contributed by atoms with Gasteiger partial charge in [-0.15, -0.1) is 0 Å². The first-order valence-electron chi connectivity index (χ1n) is 8.16. The van der Waals surface area contributed by atoms with Crippen LogP contribution in [0.4, 0.5) is 4.79 Å². The van der Waals surface area contributed by atoms with E-state index < -0.39 is 6.09 Å². The highest BCUT2D eigenvalue weighted by atomic mass is 35.5. The van der Waals surface area contributed by atoms with Gasteiger partial charge < -0.3 is 9.64 Å². The summed E-state index contributed by atoms with van der Waals surface area (Å²) in [5.74, 6) is -0.241. The molecule has 25 heavy (non-hydrogen) atoms. The molecule has 0 bridgehead atoms. The van der Waals surface area contributed by atoms with E-state index in [4.69, 9.17) is 27.9 Å². The van der Waals surface area contributed by atoms with Gasteiger partial charge in [0.25, 0.3) is 5.91 Å². The van der Waals surface area contributed by atoms with E-state index in [2.05, 4.69) is 0 Å². The number of hydrogen-bond donors (Lipinski definition) is 0. The van der Waals surface area contributed by atoms with Crippen LogP contribution in [-0.2, 0) is 20.7 Å². The molecule has 134 valence electrons. The highest BCUT2D eigenvalue weighted by molar-refractivity contribution is 6.42. The lowest BCUT2D eigenvalue weighted by atomic mass is 10.0. The van der Waals surface area contributed by atoms with E-state index in [1.807, 2.05) is 6.07 Å². The number of aryl methyl sites for hydroxylation is 1. The maximum Gasteiger partial charge on any atom is 0.417 e. The van der Waals surface area contributed by atoms with Crippen LogP contribution in [0.5, 0.6) is 0 Å². The minimum Gasteiger partial charge on any atom is -0.439 e. The Hall–Kier alpha value is -1.79. The predicted molar refractivity (Wildman–Crippen MR) is 92.6 cm³/mol. The largest absolute Gasteiger partial charge is 0.439 e. The lowest BCUT2D eigenvalue weighted by molar-refractivity contribution is -0.133. The van der Waals surface area contributed by atoms with Crippen LogP contribution < -0.4 is 0 Å². The Morgan fingerprint density at radius 2 is 1.88 bits per heavy atom. The Balaban J connectivity index is 1.49. The van der Waals surface area contributed by atoms with Gasteiger partial charge in [0, 0.05) is 25.6 Å². The van der Waals surface area contributed by atoms with Gasteiger partial charge in [0.15, 0.2) is 6.61 Å². The number of likely N-dealkylation sites (tertiary alicyclic amines) is 1. The van der Waals surface area contributed by atoms with E-state index in [-0.39, 0.29) is 24.5 Å². The van der Waals surface area contributed by atoms with Crippen molar-refractivity contribution in [3.63, 3.8) is 0 Å². The molecule has 6 nitrogen and oxygen atoms in total. The Bertz CT molecular complexity index is 686. The zero-order valence-electron chi connectivity index (χ0n) is 13.5. The Labute approximate surface area is 155 Å². The molecule has 2 fully saturated rings. The Kier molecular flexibility index (Phi) is 5.49. The molecule has 0 spiro atoms. The quantitative estimate of drug-likeness (QED) is 0.800. The van der Waals surface area contributed by atoms with Crippen molar-refractivity contribution in [2.24, 2.45) is 0 Å². The van der Waals surface area contributed by atoms with Crippen LogP contribution in [0.3, 0.4) is 0 Å². The highest BCUT2D eigenvalue weighted by Crippen LogP contribution is 2.24. The molecule has 1 aromatic rings. The number of rotatable bonds is 4. The second-order valence-electron chi connectivity index (χ2n) is 6.18. The van der Waals surface area contributed by atoms with E-state index >= 15 is 0 Å². The van der Waals surface area contributed by atoms with Gasteiger partial charge in [-0.05, 0) is 37.0 Å². The summed E-state index contributed by atoms with van der Waals surface area (Å²) < 4.78 is 4.75. The molecule has 8 heteroatoms. The molecule has 0 radical (unpaired) electrons. The fraction of sp³-hybridized carbons (Fsp3) is 0.471. The lowest BCUT2D eigenvalue weighted by Gasteiger charge is -2.34. The maximum atomic E-state index is 12.4. The van der Waals surface area contributed by atoms with Crippen LogP contribution in [0.15, 0.2) is 18.2 Å². The average Bonchev–Trinajstić information content (AvgIpc) is 2.94. The van der Waals surface area contributed by atoms with E-state index in [1.165, 1.54) is 4.90 Å². The van der Waals surface area contributed by atoms with Crippen LogP contribution in [-0.4, -0.2) is 53.4 Å². The number of benzene rings is 1. The summed E-state index contributed by atoms with van der Waals surface area (Å²) in [5, 5.41) is 0.975. The van der Waals surface area contributed by atoms with Crippen LogP contribution in [0.2, 0.25) is 10.0 Å². The number of piperidine rings is 1. The number of carbonyl (C=O) groups excluding carboxylic acids is 3. The molecule has 2 heterocycles. The lowest BCUT2D eigenvalue weighted by Crippen LogP contribution is -2.48. The van der Waals surface area contributed by atoms with Gasteiger partial charge in [0.1, 0.15) is 0 Å². The summed E-state index contributed by atoms with van der Waals surface area (Å²) in [6, 6.07) is 5.18. The van der Waals surface area contributed by atoms with Crippen molar-refractivity contribution in [2.75, 3.05) is 19.7 Å². The molecule has 0 N–H and O–H groups in total. The molecule has 2 aliphatic rings. The molecule has 0 aliphatic carbocycles. The van der Waals surface area contributed by atoms with Crippen molar-refractivity contribution in [1.29, 1.82) is 0 Å². The molecule has 0 aromatic heterocycles. The van der Waals surface area contributed by atoms with Crippen molar-refractivity contribution in [1.82, 2.24) is 9.80 Å². The minimum atomic E-state index is -0.575. The Morgan fingerprint density at radius 1 is 1.16 bits per heavy atom. The van der Waals surface area contributed by atoms with Gasteiger partial charge in [-0.1, -0.05) is 29.3 Å². The first kappa shape index (κ1) is 18.0. The fourth-order valence-corrected chi connectivity index (χ4v) is 3.52. The second-order valence-corrected chi connectivity index (χ2v) is 6.99. The van der Waals surface area contributed by atoms with Crippen molar-refractivity contribution < 1.29 is 19.1 Å². The number of carbonyl (C=O) groups is 3. The summed E-state index contributed by atoms with van der Waals surface area (Å²) in [6.07, 6.45) is 1.56. The number of ether oxygens (including phenoxy) is 1. The molecular formula is C17H18Cl2N2O4. The number of amides is 3.